The van der Waals surface area contributed by atoms with Gasteiger partial charge in [0, 0.05) is 61.0 Å². The van der Waals surface area contributed by atoms with Gasteiger partial charge in [0.25, 0.3) is 0 Å². The summed E-state index contributed by atoms with van der Waals surface area (Å²) in [6.45, 7) is 7.33. The first-order chi connectivity index (χ1) is 14.6. The molecule has 5 nitrogen and oxygen atoms in total. The highest BCUT2D eigenvalue weighted by atomic mass is 16.5. The summed E-state index contributed by atoms with van der Waals surface area (Å²) in [6, 6.07) is 10.8. The zero-order valence-electron chi connectivity index (χ0n) is 18.2. The smallest absolute Gasteiger partial charge is 0.306 e. The Kier molecular flexibility index (Phi) is 6.18. The van der Waals surface area contributed by atoms with Gasteiger partial charge in [-0.25, -0.2) is 0 Å². The fourth-order valence-corrected chi connectivity index (χ4v) is 4.64. The molecule has 1 atom stereocenters. The van der Waals surface area contributed by atoms with Crippen LogP contribution in [0.5, 0.6) is 0 Å². The Morgan fingerprint density at radius 2 is 1.93 bits per heavy atom. The predicted molar refractivity (Wildman–Crippen MR) is 120 cm³/mol. The van der Waals surface area contributed by atoms with Gasteiger partial charge in [-0.1, -0.05) is 11.6 Å². The zero-order valence-corrected chi connectivity index (χ0v) is 18.2. The first kappa shape index (κ1) is 20.6. The van der Waals surface area contributed by atoms with Crippen LogP contribution in [-0.2, 0) is 28.9 Å². The van der Waals surface area contributed by atoms with Crippen LogP contribution in [0, 0.1) is 6.92 Å². The molecule has 0 saturated heterocycles. The lowest BCUT2D eigenvalue weighted by Gasteiger charge is -2.21. The number of ether oxygens (including phenoxy) is 1. The van der Waals surface area contributed by atoms with E-state index in [1.165, 1.54) is 27.7 Å². The van der Waals surface area contributed by atoms with Gasteiger partial charge in [0.1, 0.15) is 0 Å². The summed E-state index contributed by atoms with van der Waals surface area (Å²) in [7, 11) is 2.20. The quantitative estimate of drug-likeness (QED) is 0.579. The maximum absolute atomic E-state index is 12.4. The summed E-state index contributed by atoms with van der Waals surface area (Å²) in [4.78, 5) is 19.0. The summed E-state index contributed by atoms with van der Waals surface area (Å²) in [6.07, 6.45) is 6.08. The number of aryl methyl sites for hydroxylation is 1. The second-order valence-corrected chi connectivity index (χ2v) is 8.35. The van der Waals surface area contributed by atoms with E-state index in [0.717, 1.165) is 38.0 Å². The van der Waals surface area contributed by atoms with E-state index in [4.69, 9.17) is 4.74 Å². The van der Waals surface area contributed by atoms with E-state index in [2.05, 4.69) is 46.6 Å². The normalized spacial score (nSPS) is 15.6. The highest BCUT2D eigenvalue weighted by molar-refractivity contribution is 5.86. The summed E-state index contributed by atoms with van der Waals surface area (Å²) in [5.41, 5.74) is 6.59. The molecule has 1 aromatic carbocycles. The van der Waals surface area contributed by atoms with Crippen LogP contribution in [0.3, 0.4) is 0 Å². The number of pyridine rings is 1. The largest absolute Gasteiger partial charge is 0.466 e. The van der Waals surface area contributed by atoms with E-state index in [1.54, 1.807) is 12.4 Å². The highest BCUT2D eigenvalue weighted by Crippen LogP contribution is 2.33. The number of fused-ring (bicyclic) bond motifs is 3. The minimum atomic E-state index is -0.141. The SMILES string of the molecule is CCOC(=O)CC(Cn1c2c(c3cc(C)ccc31)CCN(C)CC2)c1ccncc1. The molecule has 1 unspecified atom stereocenters. The minimum absolute atomic E-state index is 0.0500. The average Bonchev–Trinajstić information content (AvgIpc) is 2.88. The van der Waals surface area contributed by atoms with Crippen LogP contribution < -0.4 is 0 Å². The molecule has 5 heteroatoms. The minimum Gasteiger partial charge on any atom is -0.466 e. The summed E-state index contributed by atoms with van der Waals surface area (Å²) < 4.78 is 7.76. The number of hydrogen-bond acceptors (Lipinski definition) is 4. The molecule has 0 radical (unpaired) electrons. The first-order valence-electron chi connectivity index (χ1n) is 10.9. The molecular formula is C25H31N3O2. The summed E-state index contributed by atoms with van der Waals surface area (Å²) in [5.74, 6) is -0.0912. The molecule has 2 aromatic heterocycles. The number of likely N-dealkylation sites (N-methyl/N-ethyl adjacent to an activating group) is 1. The van der Waals surface area contributed by atoms with Crippen LogP contribution in [0.2, 0.25) is 0 Å². The first-order valence-corrected chi connectivity index (χ1v) is 10.9. The van der Waals surface area contributed by atoms with E-state index in [1.807, 2.05) is 19.1 Å². The predicted octanol–water partition coefficient (Wildman–Crippen LogP) is 4.11. The van der Waals surface area contributed by atoms with Gasteiger partial charge in [-0.05, 0) is 62.7 Å². The third kappa shape index (κ3) is 4.26. The highest BCUT2D eigenvalue weighted by Gasteiger charge is 2.24. The number of nitrogens with zero attached hydrogens (tertiary/aromatic N) is 3. The molecule has 1 aliphatic rings. The standard InChI is InChI=1S/C25H31N3O2/c1-4-30-25(29)16-20(19-7-11-26-12-8-19)17-28-23-6-5-18(2)15-22(23)21-9-13-27(3)14-10-24(21)28/h5-8,11-12,15,20H,4,9-10,13-14,16-17H2,1-3H3. The van der Waals surface area contributed by atoms with Crippen molar-refractivity contribution in [2.45, 2.75) is 45.6 Å². The van der Waals surface area contributed by atoms with E-state index in [0.29, 0.717) is 13.0 Å². The number of carbonyl (C=O) groups excluding carboxylic acids is 1. The Labute approximate surface area is 178 Å². The molecule has 0 N–H and O–H groups in total. The van der Waals surface area contributed by atoms with E-state index < -0.39 is 0 Å². The topological polar surface area (TPSA) is 47.4 Å². The lowest BCUT2D eigenvalue weighted by molar-refractivity contribution is -0.143. The molecule has 0 fully saturated rings. The van der Waals surface area contributed by atoms with Gasteiger partial charge in [-0.3, -0.25) is 9.78 Å². The van der Waals surface area contributed by atoms with Gasteiger partial charge in [0.2, 0.25) is 0 Å². The van der Waals surface area contributed by atoms with E-state index >= 15 is 0 Å². The van der Waals surface area contributed by atoms with E-state index in [-0.39, 0.29) is 11.9 Å². The summed E-state index contributed by atoms with van der Waals surface area (Å²) >= 11 is 0. The van der Waals surface area contributed by atoms with Crippen molar-refractivity contribution in [1.82, 2.24) is 14.5 Å². The Balaban J connectivity index is 1.77. The maximum Gasteiger partial charge on any atom is 0.306 e. The fraction of sp³-hybridized carbons (Fsp3) is 0.440. The van der Waals surface area contributed by atoms with Crippen LogP contribution in [0.4, 0.5) is 0 Å². The molecule has 1 aliphatic heterocycles. The molecule has 0 amide bonds. The van der Waals surface area contributed by atoms with Crippen molar-refractivity contribution in [3.05, 3.63) is 65.1 Å². The van der Waals surface area contributed by atoms with Crippen molar-refractivity contribution in [3.8, 4) is 0 Å². The molecule has 4 rings (SSSR count). The second-order valence-electron chi connectivity index (χ2n) is 8.35. The molecule has 0 aliphatic carbocycles. The van der Waals surface area contributed by atoms with Gasteiger partial charge >= 0.3 is 5.97 Å². The molecule has 3 heterocycles. The summed E-state index contributed by atoms with van der Waals surface area (Å²) in [5, 5.41) is 1.37. The Bertz CT molecular complexity index is 1030. The number of carbonyl (C=O) groups is 1. The molecular weight excluding hydrogens is 374 g/mol. The monoisotopic (exact) mass is 405 g/mol. The number of esters is 1. The van der Waals surface area contributed by atoms with Crippen molar-refractivity contribution >= 4 is 16.9 Å². The third-order valence-corrected chi connectivity index (χ3v) is 6.21. The van der Waals surface area contributed by atoms with Crippen molar-refractivity contribution in [2.24, 2.45) is 0 Å². The lowest BCUT2D eigenvalue weighted by Crippen LogP contribution is -2.22. The van der Waals surface area contributed by atoms with Crippen LogP contribution >= 0.6 is 0 Å². The maximum atomic E-state index is 12.4. The average molecular weight is 406 g/mol. The van der Waals surface area contributed by atoms with Crippen molar-refractivity contribution in [1.29, 1.82) is 0 Å². The lowest BCUT2D eigenvalue weighted by atomic mass is 9.96. The molecule has 158 valence electrons. The van der Waals surface area contributed by atoms with Gasteiger partial charge < -0.3 is 14.2 Å². The van der Waals surface area contributed by atoms with Gasteiger partial charge in [0.15, 0.2) is 0 Å². The third-order valence-electron chi connectivity index (χ3n) is 6.21. The van der Waals surface area contributed by atoms with E-state index in [9.17, 15) is 4.79 Å². The van der Waals surface area contributed by atoms with Crippen LogP contribution in [0.1, 0.15) is 41.6 Å². The van der Waals surface area contributed by atoms with Gasteiger partial charge in [-0.15, -0.1) is 0 Å². The van der Waals surface area contributed by atoms with Crippen LogP contribution in [0.25, 0.3) is 10.9 Å². The molecule has 0 spiro atoms. The second kappa shape index (κ2) is 9.00. The van der Waals surface area contributed by atoms with Crippen molar-refractivity contribution in [2.75, 3.05) is 26.7 Å². The number of rotatable bonds is 6. The molecule has 3 aromatic rings. The zero-order chi connectivity index (χ0) is 21.1. The molecule has 0 saturated carbocycles. The fourth-order valence-electron chi connectivity index (χ4n) is 4.64. The molecule has 30 heavy (non-hydrogen) atoms. The number of benzene rings is 1. The Morgan fingerprint density at radius 1 is 1.17 bits per heavy atom. The van der Waals surface area contributed by atoms with Crippen molar-refractivity contribution in [3.63, 3.8) is 0 Å². The van der Waals surface area contributed by atoms with Gasteiger partial charge in [-0.2, -0.15) is 0 Å². The van der Waals surface area contributed by atoms with Crippen molar-refractivity contribution < 1.29 is 9.53 Å². The Hall–Kier alpha value is -2.66. The number of aromatic nitrogens is 2. The van der Waals surface area contributed by atoms with Crippen LogP contribution in [-0.4, -0.2) is 47.2 Å². The van der Waals surface area contributed by atoms with Gasteiger partial charge in [0.05, 0.1) is 13.0 Å². The molecule has 0 bridgehead atoms. The number of hydrogen-bond donors (Lipinski definition) is 0. The van der Waals surface area contributed by atoms with Crippen LogP contribution in [0.15, 0.2) is 42.7 Å². The Morgan fingerprint density at radius 3 is 2.70 bits per heavy atom.